The topological polar surface area (TPSA) is 70.2 Å². The molecule has 0 saturated carbocycles. The number of carbonyl (C=O) groups is 1. The van der Waals surface area contributed by atoms with E-state index in [1.807, 2.05) is 59.5 Å². The number of nitrogens with zero attached hydrogens (tertiary/aromatic N) is 3. The third-order valence-corrected chi connectivity index (χ3v) is 12.6. The first kappa shape index (κ1) is 26.7. The van der Waals surface area contributed by atoms with Gasteiger partial charge < -0.3 is 14.5 Å². The minimum Gasteiger partial charge on any atom is -0.495 e. The lowest BCUT2D eigenvalue weighted by Gasteiger charge is -2.38. The van der Waals surface area contributed by atoms with Crippen LogP contribution in [0.2, 0.25) is 0 Å². The van der Waals surface area contributed by atoms with Crippen LogP contribution >= 0.6 is 43.2 Å². The van der Waals surface area contributed by atoms with Gasteiger partial charge in [-0.1, -0.05) is 42.5 Å². The number of hydrogen-bond acceptors (Lipinski definition) is 6. The van der Waals surface area contributed by atoms with Crippen molar-refractivity contribution in [2.45, 2.75) is 10.1 Å². The van der Waals surface area contributed by atoms with Crippen molar-refractivity contribution in [2.75, 3.05) is 51.3 Å². The van der Waals surface area contributed by atoms with Gasteiger partial charge in [-0.15, -0.1) is 11.3 Å². The molecule has 0 unspecified atom stereocenters. The average Bonchev–Trinajstić information content (AvgIpc) is 3.53. The van der Waals surface area contributed by atoms with E-state index in [1.165, 1.54) is 15.6 Å². The molecule has 0 bridgehead atoms. The quantitative estimate of drug-likeness (QED) is 0.369. The average molecular weight is 669 g/mol. The molecular weight excluding hydrogens is 642 g/mol. The van der Waals surface area contributed by atoms with E-state index < -0.39 is 15.9 Å². The van der Waals surface area contributed by atoms with Gasteiger partial charge >= 0.3 is 0 Å². The fourth-order valence-corrected chi connectivity index (χ4v) is 9.59. The molecule has 3 aromatic rings. The number of hydrogen-bond donors (Lipinski definition) is 0. The lowest BCUT2D eigenvalue weighted by atomic mass is 9.88. The molecule has 0 spiro atoms. The van der Waals surface area contributed by atoms with Crippen LogP contribution in [0, 0.1) is 5.92 Å². The maximum absolute atomic E-state index is 13.9. The van der Waals surface area contributed by atoms with Gasteiger partial charge in [0.1, 0.15) is 9.96 Å². The zero-order chi connectivity index (χ0) is 26.2. The van der Waals surface area contributed by atoms with Crippen molar-refractivity contribution in [3.63, 3.8) is 0 Å². The highest BCUT2D eigenvalue weighted by molar-refractivity contribution is 9.13. The van der Waals surface area contributed by atoms with Gasteiger partial charge in [-0.2, -0.15) is 4.31 Å². The van der Waals surface area contributed by atoms with Gasteiger partial charge in [-0.3, -0.25) is 4.79 Å². The van der Waals surface area contributed by atoms with Crippen LogP contribution < -0.4 is 9.64 Å². The minimum absolute atomic E-state index is 0.0137. The van der Waals surface area contributed by atoms with Crippen molar-refractivity contribution in [1.82, 2.24) is 9.21 Å². The maximum atomic E-state index is 13.9. The number of amides is 1. The number of methoxy groups -OCH3 is 1. The van der Waals surface area contributed by atoms with E-state index in [0.29, 0.717) is 30.7 Å². The van der Waals surface area contributed by atoms with Gasteiger partial charge in [-0.05, 0) is 55.6 Å². The summed E-state index contributed by atoms with van der Waals surface area (Å²) >= 11 is 7.96. The molecule has 2 saturated heterocycles. The van der Waals surface area contributed by atoms with Crippen LogP contribution in [-0.2, 0) is 14.8 Å². The van der Waals surface area contributed by atoms with E-state index in [2.05, 4.69) is 36.8 Å². The smallest absolute Gasteiger partial charge is 0.252 e. The van der Waals surface area contributed by atoms with E-state index in [0.717, 1.165) is 20.8 Å². The summed E-state index contributed by atoms with van der Waals surface area (Å²) < 4.78 is 35.7. The molecule has 11 heteroatoms. The first-order valence-electron chi connectivity index (χ1n) is 12.0. The van der Waals surface area contributed by atoms with E-state index in [9.17, 15) is 13.2 Å². The van der Waals surface area contributed by atoms with Gasteiger partial charge in [0, 0.05) is 49.7 Å². The molecule has 0 radical (unpaired) electrons. The number of ether oxygens (including phenoxy) is 1. The first-order chi connectivity index (χ1) is 17.8. The van der Waals surface area contributed by atoms with Crippen LogP contribution in [-0.4, -0.2) is 69.9 Å². The summed E-state index contributed by atoms with van der Waals surface area (Å²) in [6.45, 7) is 2.97. The fraction of sp³-hybridized carbons (Fsp3) is 0.346. The molecule has 7 nitrogen and oxygen atoms in total. The number of thiophene rings is 1. The van der Waals surface area contributed by atoms with Gasteiger partial charge in [-0.25, -0.2) is 8.42 Å². The molecule has 37 heavy (non-hydrogen) atoms. The summed E-state index contributed by atoms with van der Waals surface area (Å²) in [7, 11) is -2.07. The molecule has 2 atom stereocenters. The highest BCUT2D eigenvalue weighted by atomic mass is 79.9. The second-order valence-electron chi connectivity index (χ2n) is 9.12. The Morgan fingerprint density at radius 1 is 0.973 bits per heavy atom. The number of piperazine rings is 1. The van der Waals surface area contributed by atoms with Crippen LogP contribution in [0.25, 0.3) is 0 Å². The summed E-state index contributed by atoms with van der Waals surface area (Å²) in [5.41, 5.74) is 2.01. The highest BCUT2D eigenvalue weighted by Crippen LogP contribution is 2.41. The minimum atomic E-state index is -3.73. The van der Waals surface area contributed by atoms with Crippen LogP contribution in [0.5, 0.6) is 5.75 Å². The van der Waals surface area contributed by atoms with Crippen molar-refractivity contribution in [2.24, 2.45) is 5.92 Å². The molecule has 2 aromatic carbocycles. The van der Waals surface area contributed by atoms with E-state index in [1.54, 1.807) is 13.2 Å². The van der Waals surface area contributed by atoms with Crippen molar-refractivity contribution < 1.29 is 17.9 Å². The largest absolute Gasteiger partial charge is 0.495 e. The Balaban J connectivity index is 1.36. The lowest BCUT2D eigenvalue weighted by molar-refractivity contribution is -0.135. The Morgan fingerprint density at radius 3 is 2.30 bits per heavy atom. The number of anilines is 1. The Kier molecular flexibility index (Phi) is 7.97. The number of rotatable bonds is 6. The number of para-hydroxylation sites is 2. The second kappa shape index (κ2) is 11.1. The van der Waals surface area contributed by atoms with Crippen molar-refractivity contribution in [3.8, 4) is 5.75 Å². The Hall–Kier alpha value is -1.92. The number of sulfonamides is 1. The standard InChI is InChI=1S/C26H27Br2N3O4S2/c1-35-23-10-6-5-9-22(23)29-11-13-30(14-12-29)26(32)20-17-31(16-19(20)18-7-3-2-4-8-18)37(33,34)24-15-21(27)25(28)36-24/h2-10,15,19-20H,11-14,16-17H2,1H3/t19-,20+/m0/s1. The molecule has 2 aliphatic heterocycles. The SMILES string of the molecule is COc1ccccc1N1CCN(C(=O)[C@@H]2CN(S(=O)(=O)c3cc(Br)c(Br)s3)C[C@H]2c2ccccc2)CC1. The van der Waals surface area contributed by atoms with Crippen molar-refractivity contribution in [3.05, 3.63) is 74.5 Å². The summed E-state index contributed by atoms with van der Waals surface area (Å²) in [6, 6.07) is 19.3. The summed E-state index contributed by atoms with van der Waals surface area (Å²) in [5, 5.41) is 0. The molecule has 0 aliphatic carbocycles. The van der Waals surface area contributed by atoms with Crippen LogP contribution in [0.4, 0.5) is 5.69 Å². The predicted molar refractivity (Wildman–Crippen MR) is 153 cm³/mol. The molecule has 1 amide bonds. The summed E-state index contributed by atoms with van der Waals surface area (Å²) in [5.74, 6) is 0.180. The van der Waals surface area contributed by atoms with Gasteiger partial charge in [0.2, 0.25) is 5.91 Å². The molecule has 5 rings (SSSR count). The zero-order valence-corrected chi connectivity index (χ0v) is 25.0. The summed E-state index contributed by atoms with van der Waals surface area (Å²) in [4.78, 5) is 18.0. The zero-order valence-electron chi connectivity index (χ0n) is 20.2. The molecular formula is C26H27Br2N3O4S2. The van der Waals surface area contributed by atoms with Crippen molar-refractivity contribution >= 4 is 64.8 Å². The lowest BCUT2D eigenvalue weighted by Crippen LogP contribution is -2.51. The number of benzene rings is 2. The molecule has 2 fully saturated rings. The molecule has 196 valence electrons. The third-order valence-electron chi connectivity index (χ3n) is 7.07. The Morgan fingerprint density at radius 2 is 1.65 bits per heavy atom. The van der Waals surface area contributed by atoms with E-state index in [4.69, 9.17) is 4.74 Å². The number of halogens is 2. The van der Waals surface area contributed by atoms with Gasteiger partial charge in [0.05, 0.1) is 22.5 Å². The Labute approximate surface area is 238 Å². The molecule has 0 N–H and O–H groups in total. The molecule has 1 aromatic heterocycles. The maximum Gasteiger partial charge on any atom is 0.252 e. The first-order valence-corrected chi connectivity index (χ1v) is 15.8. The fourth-order valence-electron chi connectivity index (χ4n) is 5.13. The van der Waals surface area contributed by atoms with Gasteiger partial charge in [0.15, 0.2) is 0 Å². The van der Waals surface area contributed by atoms with E-state index in [-0.39, 0.29) is 29.1 Å². The van der Waals surface area contributed by atoms with E-state index >= 15 is 0 Å². The predicted octanol–water partition coefficient (Wildman–Crippen LogP) is 5.03. The summed E-state index contributed by atoms with van der Waals surface area (Å²) in [6.07, 6.45) is 0. The normalized spacial score (nSPS) is 20.8. The van der Waals surface area contributed by atoms with Crippen LogP contribution in [0.1, 0.15) is 11.5 Å². The van der Waals surface area contributed by atoms with Crippen LogP contribution in [0.15, 0.2) is 73.1 Å². The highest BCUT2D eigenvalue weighted by Gasteiger charge is 2.45. The Bertz CT molecular complexity index is 1360. The molecule has 2 aliphatic rings. The third kappa shape index (κ3) is 5.34. The number of carbonyl (C=O) groups excluding carboxylic acids is 1. The van der Waals surface area contributed by atoms with Gasteiger partial charge in [0.25, 0.3) is 10.0 Å². The molecule has 3 heterocycles. The second-order valence-corrected chi connectivity index (χ2v) is 14.5. The monoisotopic (exact) mass is 667 g/mol. The van der Waals surface area contributed by atoms with Crippen molar-refractivity contribution in [1.29, 1.82) is 0 Å². The van der Waals surface area contributed by atoms with Crippen LogP contribution in [0.3, 0.4) is 0 Å².